The first-order valence-electron chi connectivity index (χ1n) is 5.51. The van der Waals surface area contributed by atoms with Gasteiger partial charge in [0.05, 0.1) is 0 Å². The number of hydrogen-bond acceptors (Lipinski definition) is 2. The number of carbonyl (C=O) groups excluding carboxylic acids is 1. The average molecular weight is 242 g/mol. The molecule has 0 unspecified atom stereocenters. The molecule has 2 heteroatoms. The number of rotatable bonds is 4. The number of aryl methyl sites for hydroxylation is 1. The molecule has 0 aliphatic carbocycles. The molecule has 1 nitrogen and oxygen atoms in total. The molecule has 2 aromatic carbocycles. The Hall–Kier alpha value is -1.54. The summed E-state index contributed by atoms with van der Waals surface area (Å²) in [4.78, 5) is 11.7. The molecule has 2 rings (SSSR count). The highest BCUT2D eigenvalue weighted by Gasteiger charge is 1.97. The summed E-state index contributed by atoms with van der Waals surface area (Å²) in [5.74, 6) is 0.960. The molecule has 0 N–H and O–H groups in total. The van der Waals surface area contributed by atoms with Crippen LogP contribution in [0.4, 0.5) is 0 Å². The highest BCUT2D eigenvalue weighted by Crippen LogP contribution is 2.23. The fourth-order valence-electron chi connectivity index (χ4n) is 1.61. The Kier molecular flexibility index (Phi) is 3.99. The smallest absolute Gasteiger partial charge is 0.150 e. The van der Waals surface area contributed by atoms with E-state index in [1.807, 2.05) is 24.3 Å². The van der Waals surface area contributed by atoms with Gasteiger partial charge in [-0.15, -0.1) is 11.8 Å². The Labute approximate surface area is 106 Å². The molecule has 17 heavy (non-hydrogen) atoms. The zero-order chi connectivity index (χ0) is 12.1. The van der Waals surface area contributed by atoms with Crippen LogP contribution < -0.4 is 0 Å². The second-order valence-electron chi connectivity index (χ2n) is 3.96. The Morgan fingerprint density at radius 1 is 1.12 bits per heavy atom. The van der Waals surface area contributed by atoms with Crippen LogP contribution in [0.1, 0.15) is 21.5 Å². The van der Waals surface area contributed by atoms with E-state index in [1.54, 1.807) is 11.8 Å². The molecule has 2 aromatic rings. The summed E-state index contributed by atoms with van der Waals surface area (Å²) in [5.41, 5.74) is 3.35. The van der Waals surface area contributed by atoms with Crippen molar-refractivity contribution < 1.29 is 4.79 Å². The van der Waals surface area contributed by atoms with Gasteiger partial charge in [0.25, 0.3) is 0 Å². The summed E-state index contributed by atoms with van der Waals surface area (Å²) >= 11 is 1.79. The molecule has 0 atom stereocenters. The van der Waals surface area contributed by atoms with Crippen molar-refractivity contribution in [2.45, 2.75) is 17.6 Å². The van der Waals surface area contributed by atoms with Gasteiger partial charge in [0, 0.05) is 16.2 Å². The Morgan fingerprint density at radius 3 is 2.53 bits per heavy atom. The van der Waals surface area contributed by atoms with Crippen molar-refractivity contribution in [2.75, 3.05) is 0 Å². The third-order valence-corrected chi connectivity index (χ3v) is 3.59. The van der Waals surface area contributed by atoms with Crippen LogP contribution in [0.5, 0.6) is 0 Å². The van der Waals surface area contributed by atoms with Gasteiger partial charge < -0.3 is 0 Å². The third kappa shape index (κ3) is 3.46. The average Bonchev–Trinajstić information content (AvgIpc) is 2.37. The first kappa shape index (κ1) is 11.9. The van der Waals surface area contributed by atoms with Crippen LogP contribution >= 0.6 is 11.8 Å². The molecule has 0 saturated heterocycles. The molecule has 0 aromatic heterocycles. The molecule has 0 saturated carbocycles. The summed E-state index contributed by atoms with van der Waals surface area (Å²) in [6.07, 6.45) is 0.870. The SMILES string of the molecule is Cc1cccc(CSc2ccc(C=O)cc2)c1. The Bertz CT molecular complexity index is 503. The first-order chi connectivity index (χ1) is 8.28. The largest absolute Gasteiger partial charge is 0.298 e. The van der Waals surface area contributed by atoms with Gasteiger partial charge in [0.2, 0.25) is 0 Å². The Morgan fingerprint density at radius 2 is 1.88 bits per heavy atom. The summed E-state index contributed by atoms with van der Waals surface area (Å²) in [6.45, 7) is 2.10. The van der Waals surface area contributed by atoms with E-state index in [9.17, 15) is 4.79 Å². The van der Waals surface area contributed by atoms with Gasteiger partial charge in [-0.05, 0) is 24.6 Å². The summed E-state index contributed by atoms with van der Waals surface area (Å²) in [5, 5.41) is 0. The highest BCUT2D eigenvalue weighted by atomic mass is 32.2. The van der Waals surface area contributed by atoms with E-state index >= 15 is 0 Å². The molecule has 0 amide bonds. The number of carbonyl (C=O) groups is 1. The fraction of sp³-hybridized carbons (Fsp3) is 0.133. The van der Waals surface area contributed by atoms with E-state index in [1.165, 1.54) is 16.0 Å². The van der Waals surface area contributed by atoms with Crippen molar-refractivity contribution >= 4 is 18.0 Å². The van der Waals surface area contributed by atoms with Crippen LogP contribution in [-0.4, -0.2) is 6.29 Å². The zero-order valence-corrected chi connectivity index (χ0v) is 10.5. The van der Waals surface area contributed by atoms with Gasteiger partial charge in [-0.1, -0.05) is 42.0 Å². The molecule has 0 fully saturated rings. The number of hydrogen-bond donors (Lipinski definition) is 0. The quantitative estimate of drug-likeness (QED) is 0.593. The number of aldehydes is 1. The lowest BCUT2D eigenvalue weighted by Crippen LogP contribution is -1.83. The van der Waals surface area contributed by atoms with Gasteiger partial charge in [-0.3, -0.25) is 4.79 Å². The lowest BCUT2D eigenvalue weighted by molar-refractivity contribution is 0.112. The maximum atomic E-state index is 10.5. The van der Waals surface area contributed by atoms with E-state index in [4.69, 9.17) is 0 Å². The molecule has 0 aliphatic rings. The topological polar surface area (TPSA) is 17.1 Å². The molecular weight excluding hydrogens is 228 g/mol. The molecule has 86 valence electrons. The fourth-order valence-corrected chi connectivity index (χ4v) is 2.45. The van der Waals surface area contributed by atoms with Gasteiger partial charge in [0.15, 0.2) is 0 Å². The molecular formula is C15H14OS. The van der Waals surface area contributed by atoms with Crippen LogP contribution in [0.15, 0.2) is 53.4 Å². The number of thioether (sulfide) groups is 1. The minimum absolute atomic E-state index is 0.727. The lowest BCUT2D eigenvalue weighted by Gasteiger charge is -2.03. The van der Waals surface area contributed by atoms with Crippen LogP contribution in [0, 0.1) is 6.92 Å². The summed E-state index contributed by atoms with van der Waals surface area (Å²) in [6, 6.07) is 16.2. The van der Waals surface area contributed by atoms with Crippen molar-refractivity contribution in [2.24, 2.45) is 0 Å². The van der Waals surface area contributed by atoms with Gasteiger partial charge in [-0.2, -0.15) is 0 Å². The van der Waals surface area contributed by atoms with Crippen molar-refractivity contribution in [3.63, 3.8) is 0 Å². The molecule has 0 bridgehead atoms. The second-order valence-corrected chi connectivity index (χ2v) is 5.01. The van der Waals surface area contributed by atoms with Gasteiger partial charge >= 0.3 is 0 Å². The molecule has 0 radical (unpaired) electrons. The predicted molar refractivity (Wildman–Crippen MR) is 72.6 cm³/mol. The van der Waals surface area contributed by atoms with E-state index in [2.05, 4.69) is 31.2 Å². The van der Waals surface area contributed by atoms with E-state index < -0.39 is 0 Å². The number of benzene rings is 2. The summed E-state index contributed by atoms with van der Waals surface area (Å²) < 4.78 is 0. The van der Waals surface area contributed by atoms with Crippen LogP contribution in [0.3, 0.4) is 0 Å². The van der Waals surface area contributed by atoms with Crippen LogP contribution in [-0.2, 0) is 5.75 Å². The first-order valence-corrected chi connectivity index (χ1v) is 6.50. The lowest BCUT2D eigenvalue weighted by atomic mass is 10.2. The van der Waals surface area contributed by atoms with Crippen molar-refractivity contribution in [3.8, 4) is 0 Å². The maximum Gasteiger partial charge on any atom is 0.150 e. The normalized spacial score (nSPS) is 10.2. The second kappa shape index (κ2) is 5.69. The van der Waals surface area contributed by atoms with E-state index in [-0.39, 0.29) is 0 Å². The standard InChI is InChI=1S/C15H14OS/c1-12-3-2-4-14(9-12)11-17-15-7-5-13(10-16)6-8-15/h2-10H,11H2,1H3. The van der Waals surface area contributed by atoms with Crippen LogP contribution in [0.2, 0.25) is 0 Å². The van der Waals surface area contributed by atoms with Crippen molar-refractivity contribution in [1.82, 2.24) is 0 Å². The third-order valence-electron chi connectivity index (χ3n) is 2.50. The van der Waals surface area contributed by atoms with Crippen LogP contribution in [0.25, 0.3) is 0 Å². The monoisotopic (exact) mass is 242 g/mol. The maximum absolute atomic E-state index is 10.5. The minimum atomic E-state index is 0.727. The van der Waals surface area contributed by atoms with Crippen molar-refractivity contribution in [1.29, 1.82) is 0 Å². The Balaban J connectivity index is 1.99. The zero-order valence-electron chi connectivity index (χ0n) is 9.72. The minimum Gasteiger partial charge on any atom is -0.298 e. The molecule has 0 aliphatic heterocycles. The molecule has 0 spiro atoms. The van der Waals surface area contributed by atoms with E-state index in [0.717, 1.165) is 17.6 Å². The van der Waals surface area contributed by atoms with Gasteiger partial charge in [0.1, 0.15) is 6.29 Å². The van der Waals surface area contributed by atoms with Gasteiger partial charge in [-0.25, -0.2) is 0 Å². The molecule has 0 heterocycles. The predicted octanol–water partition coefficient (Wildman–Crippen LogP) is 4.10. The summed E-state index contributed by atoms with van der Waals surface area (Å²) in [7, 11) is 0. The highest BCUT2D eigenvalue weighted by molar-refractivity contribution is 7.98. The van der Waals surface area contributed by atoms with Crippen molar-refractivity contribution in [3.05, 3.63) is 65.2 Å². The van der Waals surface area contributed by atoms with E-state index in [0.29, 0.717) is 0 Å².